The molecule has 2 aromatic heterocycles. The molecule has 0 saturated carbocycles. The summed E-state index contributed by atoms with van der Waals surface area (Å²) in [6.07, 6.45) is 7.62. The van der Waals surface area contributed by atoms with Crippen LogP contribution in [0.15, 0.2) is 41.7 Å². The van der Waals surface area contributed by atoms with Crippen LogP contribution in [-0.4, -0.2) is 49.9 Å². The molecule has 11 heteroatoms. The molecule has 3 aromatic rings. The van der Waals surface area contributed by atoms with E-state index >= 15 is 0 Å². The fourth-order valence-corrected chi connectivity index (χ4v) is 3.15. The monoisotopic (exact) mass is 441 g/mol. The van der Waals surface area contributed by atoms with Crippen LogP contribution in [0, 0.1) is 10.1 Å². The molecule has 1 aromatic carbocycles. The Morgan fingerprint density at radius 2 is 2.03 bits per heavy atom. The van der Waals surface area contributed by atoms with Crippen molar-refractivity contribution in [2.24, 2.45) is 0 Å². The maximum Gasteiger partial charge on any atom is 0.269 e. The van der Waals surface area contributed by atoms with Crippen molar-refractivity contribution in [3.05, 3.63) is 52.2 Å². The zero-order chi connectivity index (χ0) is 22.2. The van der Waals surface area contributed by atoms with Crippen molar-refractivity contribution >= 4 is 46.3 Å². The summed E-state index contributed by atoms with van der Waals surface area (Å²) in [7, 11) is 0. The van der Waals surface area contributed by atoms with E-state index in [-0.39, 0.29) is 11.6 Å². The molecular formula is C20H23N7O3S. The number of thioether (sulfide) groups is 1. The maximum absolute atomic E-state index is 12.1. The number of nitro benzene ring substituents is 1. The average molecular weight is 442 g/mol. The number of carbonyl (C=O) groups excluding carboxylic acids is 1. The van der Waals surface area contributed by atoms with Crippen LogP contribution in [-0.2, 0) is 11.3 Å². The number of hydrogen-bond donors (Lipinski definition) is 2. The number of nitrogens with zero attached hydrogens (tertiary/aromatic N) is 5. The Morgan fingerprint density at radius 1 is 1.26 bits per heavy atom. The van der Waals surface area contributed by atoms with Gasteiger partial charge in [-0.3, -0.25) is 14.9 Å². The van der Waals surface area contributed by atoms with Crippen molar-refractivity contribution in [1.82, 2.24) is 25.1 Å². The summed E-state index contributed by atoms with van der Waals surface area (Å²) in [5.41, 5.74) is 1.43. The Kier molecular flexibility index (Phi) is 7.55. The van der Waals surface area contributed by atoms with Gasteiger partial charge in [-0.05, 0) is 36.4 Å². The Bertz CT molecular complexity index is 1100. The summed E-state index contributed by atoms with van der Waals surface area (Å²) >= 11 is 1.46. The highest BCUT2D eigenvalue weighted by Gasteiger charge is 2.12. The SMILES string of the molecule is CCCNc1nc(SC)nc2c1cnn2CCNC(=O)/C=C\c1ccc([N+](=O)[O-])cc1. The average Bonchev–Trinajstić information content (AvgIpc) is 3.19. The summed E-state index contributed by atoms with van der Waals surface area (Å²) in [5, 5.41) is 22.7. The van der Waals surface area contributed by atoms with Gasteiger partial charge in [0.15, 0.2) is 10.8 Å². The van der Waals surface area contributed by atoms with Crippen LogP contribution < -0.4 is 10.6 Å². The van der Waals surface area contributed by atoms with Crippen molar-refractivity contribution in [2.75, 3.05) is 24.7 Å². The van der Waals surface area contributed by atoms with E-state index in [0.29, 0.717) is 29.5 Å². The predicted octanol–water partition coefficient (Wildman–Crippen LogP) is 3.11. The highest BCUT2D eigenvalue weighted by atomic mass is 32.2. The second-order valence-electron chi connectivity index (χ2n) is 6.56. The summed E-state index contributed by atoms with van der Waals surface area (Å²) in [6.45, 7) is 3.72. The smallest absolute Gasteiger partial charge is 0.269 e. The normalized spacial score (nSPS) is 11.2. The van der Waals surface area contributed by atoms with Crippen LogP contribution in [0.4, 0.5) is 11.5 Å². The van der Waals surface area contributed by atoms with Crippen molar-refractivity contribution in [3.8, 4) is 0 Å². The highest BCUT2D eigenvalue weighted by molar-refractivity contribution is 7.98. The number of carbonyl (C=O) groups is 1. The number of aromatic nitrogens is 4. The molecular weight excluding hydrogens is 418 g/mol. The second kappa shape index (κ2) is 10.5. The maximum atomic E-state index is 12.1. The summed E-state index contributed by atoms with van der Waals surface area (Å²) in [5.74, 6) is 0.497. The zero-order valence-corrected chi connectivity index (χ0v) is 18.1. The first-order chi connectivity index (χ1) is 15.0. The molecule has 162 valence electrons. The molecule has 2 heterocycles. The van der Waals surface area contributed by atoms with Gasteiger partial charge in [0.25, 0.3) is 5.69 Å². The second-order valence-corrected chi connectivity index (χ2v) is 7.34. The lowest BCUT2D eigenvalue weighted by molar-refractivity contribution is -0.384. The number of non-ortho nitro benzene ring substituents is 1. The van der Waals surface area contributed by atoms with Gasteiger partial charge in [-0.1, -0.05) is 18.7 Å². The summed E-state index contributed by atoms with van der Waals surface area (Å²) < 4.78 is 1.74. The fourth-order valence-electron chi connectivity index (χ4n) is 2.79. The number of hydrogen-bond acceptors (Lipinski definition) is 8. The van der Waals surface area contributed by atoms with Crippen LogP contribution in [0.2, 0.25) is 0 Å². The molecule has 0 fully saturated rings. The lowest BCUT2D eigenvalue weighted by Gasteiger charge is -2.08. The molecule has 0 aliphatic rings. The Balaban J connectivity index is 1.60. The van der Waals surface area contributed by atoms with Gasteiger partial charge in [0, 0.05) is 31.3 Å². The Morgan fingerprint density at radius 3 is 2.71 bits per heavy atom. The quantitative estimate of drug-likeness (QED) is 0.161. The molecule has 2 N–H and O–H groups in total. The molecule has 0 atom stereocenters. The fraction of sp³-hybridized carbons (Fsp3) is 0.300. The van der Waals surface area contributed by atoms with Gasteiger partial charge in [0.2, 0.25) is 5.91 Å². The number of fused-ring (bicyclic) bond motifs is 1. The number of rotatable bonds is 10. The van der Waals surface area contributed by atoms with E-state index in [0.717, 1.165) is 24.2 Å². The van der Waals surface area contributed by atoms with Gasteiger partial charge < -0.3 is 10.6 Å². The number of nitrogens with one attached hydrogen (secondary N) is 2. The molecule has 0 radical (unpaired) electrons. The molecule has 31 heavy (non-hydrogen) atoms. The molecule has 10 nitrogen and oxygen atoms in total. The minimum atomic E-state index is -0.463. The third kappa shape index (κ3) is 5.79. The topological polar surface area (TPSA) is 128 Å². The number of anilines is 1. The van der Waals surface area contributed by atoms with Gasteiger partial charge in [-0.25, -0.2) is 14.6 Å². The molecule has 1 amide bonds. The van der Waals surface area contributed by atoms with Gasteiger partial charge in [0.1, 0.15) is 5.82 Å². The van der Waals surface area contributed by atoms with Crippen LogP contribution in [0.5, 0.6) is 0 Å². The van der Waals surface area contributed by atoms with Gasteiger partial charge in [-0.2, -0.15) is 5.10 Å². The van der Waals surface area contributed by atoms with Crippen LogP contribution >= 0.6 is 11.8 Å². The molecule has 0 bridgehead atoms. The van der Waals surface area contributed by atoms with E-state index in [1.807, 2.05) is 6.26 Å². The Labute approximate surface area is 183 Å². The van der Waals surface area contributed by atoms with E-state index in [1.54, 1.807) is 29.1 Å². The van der Waals surface area contributed by atoms with Crippen LogP contribution in [0.1, 0.15) is 18.9 Å². The van der Waals surface area contributed by atoms with Crippen LogP contribution in [0.25, 0.3) is 17.1 Å². The third-order valence-corrected chi connectivity index (χ3v) is 4.90. The molecule has 0 aliphatic carbocycles. The minimum Gasteiger partial charge on any atom is -0.369 e. The molecule has 3 rings (SSSR count). The lowest BCUT2D eigenvalue weighted by atomic mass is 10.2. The first kappa shape index (κ1) is 22.2. The molecule has 0 spiro atoms. The number of amides is 1. The molecule has 0 saturated heterocycles. The van der Waals surface area contributed by atoms with E-state index in [4.69, 9.17) is 0 Å². The van der Waals surface area contributed by atoms with Gasteiger partial charge in [0.05, 0.1) is 23.1 Å². The molecule has 0 aliphatic heterocycles. The predicted molar refractivity (Wildman–Crippen MR) is 121 cm³/mol. The standard InChI is InChI=1S/C20H23N7O3S/c1-3-10-22-18-16-13-23-26(19(16)25-20(24-18)31-2)12-11-21-17(28)9-6-14-4-7-15(8-5-14)27(29)30/h4-9,13H,3,10-12H2,1-2H3,(H,21,28)(H,22,24,25)/b9-6-. The highest BCUT2D eigenvalue weighted by Crippen LogP contribution is 2.23. The molecule has 0 unspecified atom stereocenters. The third-order valence-electron chi connectivity index (χ3n) is 4.35. The van der Waals surface area contributed by atoms with Crippen molar-refractivity contribution in [1.29, 1.82) is 0 Å². The lowest BCUT2D eigenvalue weighted by Crippen LogP contribution is -2.25. The first-order valence-electron chi connectivity index (χ1n) is 9.73. The summed E-state index contributed by atoms with van der Waals surface area (Å²) in [4.78, 5) is 31.4. The van der Waals surface area contributed by atoms with E-state index in [9.17, 15) is 14.9 Å². The Hall–Kier alpha value is -3.47. The summed E-state index contributed by atoms with van der Waals surface area (Å²) in [6, 6.07) is 5.97. The minimum absolute atomic E-state index is 0.00884. The zero-order valence-electron chi connectivity index (χ0n) is 17.2. The van der Waals surface area contributed by atoms with Gasteiger partial charge >= 0.3 is 0 Å². The van der Waals surface area contributed by atoms with E-state index in [2.05, 4.69) is 32.6 Å². The van der Waals surface area contributed by atoms with Crippen molar-refractivity contribution in [2.45, 2.75) is 25.0 Å². The number of nitro groups is 1. The van der Waals surface area contributed by atoms with E-state index < -0.39 is 4.92 Å². The van der Waals surface area contributed by atoms with Crippen molar-refractivity contribution < 1.29 is 9.72 Å². The number of benzene rings is 1. The van der Waals surface area contributed by atoms with Crippen LogP contribution in [0.3, 0.4) is 0 Å². The van der Waals surface area contributed by atoms with E-state index in [1.165, 1.54) is 30.0 Å². The largest absolute Gasteiger partial charge is 0.369 e. The first-order valence-corrected chi connectivity index (χ1v) is 11.0. The van der Waals surface area contributed by atoms with Gasteiger partial charge in [-0.15, -0.1) is 0 Å². The van der Waals surface area contributed by atoms with Crippen molar-refractivity contribution in [3.63, 3.8) is 0 Å².